The quantitative estimate of drug-likeness (QED) is 0.323. The molecule has 0 bridgehead atoms. The van der Waals surface area contributed by atoms with Gasteiger partial charge in [0.05, 0.1) is 28.4 Å². The zero-order chi connectivity index (χ0) is 23.9. The molecule has 0 radical (unpaired) electrons. The number of thiazole rings is 1. The summed E-state index contributed by atoms with van der Waals surface area (Å²) in [5.41, 5.74) is 4.85. The molecule has 172 valence electrons. The van der Waals surface area contributed by atoms with Gasteiger partial charge in [0.15, 0.2) is 0 Å². The average Bonchev–Trinajstić information content (AvgIpc) is 3.42. The van der Waals surface area contributed by atoms with Crippen LogP contribution in [0.3, 0.4) is 0 Å². The summed E-state index contributed by atoms with van der Waals surface area (Å²) in [6.07, 6.45) is 0.155. The zero-order valence-corrected chi connectivity index (χ0v) is 20.0. The largest absolute Gasteiger partial charge is 0.301 e. The number of hydrogen-bond acceptors (Lipinski definition) is 5. The maximum absolute atomic E-state index is 13.1. The molecule has 1 unspecified atom stereocenters. The van der Waals surface area contributed by atoms with E-state index in [2.05, 4.69) is 48.6 Å². The molecular weight excluding hydrogens is 454 g/mol. The van der Waals surface area contributed by atoms with E-state index in [1.165, 1.54) is 10.5 Å². The predicted octanol–water partition coefficient (Wildman–Crippen LogP) is 5.85. The molecule has 1 atom stereocenters. The van der Waals surface area contributed by atoms with E-state index in [9.17, 15) is 9.59 Å². The van der Waals surface area contributed by atoms with Gasteiger partial charge in [-0.1, -0.05) is 48.5 Å². The van der Waals surface area contributed by atoms with Gasteiger partial charge in [-0.15, -0.1) is 11.3 Å². The van der Waals surface area contributed by atoms with E-state index >= 15 is 0 Å². The molecule has 0 saturated carbocycles. The molecule has 1 N–H and O–H groups in total. The summed E-state index contributed by atoms with van der Waals surface area (Å²) in [6, 6.07) is 27.5. The first-order valence-corrected chi connectivity index (χ1v) is 12.4. The van der Waals surface area contributed by atoms with Gasteiger partial charge < -0.3 is 5.32 Å². The molecule has 6 heteroatoms. The number of rotatable bonds is 5. The molecule has 4 aromatic carbocycles. The number of benzene rings is 4. The highest BCUT2D eigenvalue weighted by atomic mass is 32.1. The summed E-state index contributed by atoms with van der Waals surface area (Å²) in [5, 5.41) is 6.54. The van der Waals surface area contributed by atoms with Gasteiger partial charge in [-0.3, -0.25) is 9.59 Å². The van der Waals surface area contributed by atoms with Gasteiger partial charge in [-0.05, 0) is 65.2 Å². The van der Waals surface area contributed by atoms with E-state index in [1.54, 1.807) is 11.3 Å². The molecule has 1 fully saturated rings. The van der Waals surface area contributed by atoms with E-state index in [0.29, 0.717) is 12.2 Å². The Hall–Kier alpha value is -3.87. The summed E-state index contributed by atoms with van der Waals surface area (Å²) in [4.78, 5) is 31.9. The summed E-state index contributed by atoms with van der Waals surface area (Å²) < 4.78 is 1.15. The van der Waals surface area contributed by atoms with Gasteiger partial charge in [-0.2, -0.15) is 0 Å². The van der Waals surface area contributed by atoms with Crippen LogP contribution < -0.4 is 10.2 Å². The van der Waals surface area contributed by atoms with Gasteiger partial charge in [0, 0.05) is 12.1 Å². The standard InChI is InChI=1S/C29H23N3O2S/c1-18-9-14-24-26(15-18)35-28(31-24)20-10-12-22(13-11-20)32-27(33)16-25(29(32)34)30-17-21-7-4-6-19-5-2-3-8-23(19)21/h2-15,25,30H,16-17H2,1H3. The Bertz CT molecular complexity index is 1580. The zero-order valence-electron chi connectivity index (χ0n) is 19.2. The van der Waals surface area contributed by atoms with E-state index in [1.807, 2.05) is 48.5 Å². The summed E-state index contributed by atoms with van der Waals surface area (Å²) >= 11 is 1.64. The Balaban J connectivity index is 1.19. The van der Waals surface area contributed by atoms with E-state index in [-0.39, 0.29) is 18.2 Å². The molecule has 35 heavy (non-hydrogen) atoms. The highest BCUT2D eigenvalue weighted by Crippen LogP contribution is 2.32. The van der Waals surface area contributed by atoms with E-state index in [4.69, 9.17) is 4.98 Å². The third kappa shape index (κ3) is 4.01. The molecule has 1 saturated heterocycles. The minimum atomic E-state index is -0.534. The third-order valence-electron chi connectivity index (χ3n) is 6.48. The molecule has 0 aliphatic carbocycles. The smallest absolute Gasteiger partial charge is 0.251 e. The van der Waals surface area contributed by atoms with Crippen molar-refractivity contribution in [2.75, 3.05) is 4.90 Å². The van der Waals surface area contributed by atoms with Crippen LogP contribution in [0.15, 0.2) is 84.9 Å². The Kier molecular flexibility index (Phi) is 5.40. The number of imide groups is 1. The van der Waals surface area contributed by atoms with Crippen molar-refractivity contribution in [1.29, 1.82) is 0 Å². The Labute approximate surface area is 207 Å². The molecule has 2 amide bonds. The molecule has 1 aliphatic heterocycles. The number of amides is 2. The third-order valence-corrected chi connectivity index (χ3v) is 7.55. The van der Waals surface area contributed by atoms with E-state index in [0.717, 1.165) is 37.1 Å². The number of aromatic nitrogens is 1. The molecule has 0 spiro atoms. The second-order valence-corrected chi connectivity index (χ2v) is 9.91. The van der Waals surface area contributed by atoms with Crippen molar-refractivity contribution in [3.8, 4) is 10.6 Å². The molecule has 6 rings (SSSR count). The Morgan fingerprint density at radius 2 is 1.77 bits per heavy atom. The number of nitrogens with zero attached hydrogens (tertiary/aromatic N) is 2. The van der Waals surface area contributed by atoms with Crippen LogP contribution >= 0.6 is 11.3 Å². The molecule has 5 aromatic rings. The second-order valence-electron chi connectivity index (χ2n) is 8.88. The summed E-state index contributed by atoms with van der Waals surface area (Å²) in [7, 11) is 0. The van der Waals surface area contributed by atoms with Gasteiger partial charge >= 0.3 is 0 Å². The summed E-state index contributed by atoms with van der Waals surface area (Å²) in [5.74, 6) is -0.396. The minimum absolute atomic E-state index is 0.155. The van der Waals surface area contributed by atoms with Crippen LogP contribution in [0.2, 0.25) is 0 Å². The predicted molar refractivity (Wildman–Crippen MR) is 141 cm³/mol. The van der Waals surface area contributed by atoms with Crippen LogP contribution in [0.1, 0.15) is 17.5 Å². The lowest BCUT2D eigenvalue weighted by Crippen LogP contribution is -2.38. The van der Waals surface area contributed by atoms with Crippen LogP contribution in [-0.2, 0) is 16.1 Å². The minimum Gasteiger partial charge on any atom is -0.301 e. The fourth-order valence-corrected chi connectivity index (χ4v) is 5.72. The lowest BCUT2D eigenvalue weighted by molar-refractivity contribution is -0.121. The van der Waals surface area contributed by atoms with Crippen molar-refractivity contribution in [3.05, 3.63) is 96.1 Å². The normalized spacial score (nSPS) is 16.0. The first-order valence-electron chi connectivity index (χ1n) is 11.6. The maximum Gasteiger partial charge on any atom is 0.251 e. The number of nitrogens with one attached hydrogen (secondary N) is 1. The first-order chi connectivity index (χ1) is 17.1. The number of fused-ring (bicyclic) bond motifs is 2. The van der Waals surface area contributed by atoms with Crippen molar-refractivity contribution in [1.82, 2.24) is 10.3 Å². The lowest BCUT2D eigenvalue weighted by Gasteiger charge is -2.16. The van der Waals surface area contributed by atoms with Crippen molar-refractivity contribution in [2.24, 2.45) is 0 Å². The number of anilines is 1. The van der Waals surface area contributed by atoms with Gasteiger partial charge in [0.2, 0.25) is 5.91 Å². The van der Waals surface area contributed by atoms with E-state index < -0.39 is 6.04 Å². The van der Waals surface area contributed by atoms with Crippen molar-refractivity contribution in [2.45, 2.75) is 25.9 Å². The fraction of sp³-hybridized carbons (Fsp3) is 0.138. The number of hydrogen-bond donors (Lipinski definition) is 1. The topological polar surface area (TPSA) is 62.3 Å². The van der Waals surface area contributed by atoms with Gasteiger partial charge in [0.25, 0.3) is 5.91 Å². The first kappa shape index (κ1) is 21.6. The number of carbonyl (C=O) groups is 2. The molecule has 1 aromatic heterocycles. The monoisotopic (exact) mass is 477 g/mol. The van der Waals surface area contributed by atoms with Gasteiger partial charge in [0.1, 0.15) is 5.01 Å². The highest BCUT2D eigenvalue weighted by Gasteiger charge is 2.39. The second kappa shape index (κ2) is 8.73. The van der Waals surface area contributed by atoms with Crippen LogP contribution in [0.4, 0.5) is 5.69 Å². The van der Waals surface area contributed by atoms with Crippen LogP contribution in [-0.4, -0.2) is 22.8 Å². The van der Waals surface area contributed by atoms with Crippen LogP contribution in [0, 0.1) is 6.92 Å². The molecule has 2 heterocycles. The van der Waals surface area contributed by atoms with Crippen molar-refractivity contribution in [3.63, 3.8) is 0 Å². The van der Waals surface area contributed by atoms with Crippen molar-refractivity contribution < 1.29 is 9.59 Å². The molecular formula is C29H23N3O2S. The highest BCUT2D eigenvalue weighted by molar-refractivity contribution is 7.21. The Morgan fingerprint density at radius 1 is 0.971 bits per heavy atom. The Morgan fingerprint density at radius 3 is 2.63 bits per heavy atom. The SMILES string of the molecule is Cc1ccc2nc(-c3ccc(N4C(=O)CC(NCc5cccc6ccccc56)C4=O)cc3)sc2c1. The lowest BCUT2D eigenvalue weighted by atomic mass is 10.0. The maximum atomic E-state index is 13.1. The number of aryl methyl sites for hydroxylation is 1. The average molecular weight is 478 g/mol. The van der Waals surface area contributed by atoms with Crippen LogP contribution in [0.25, 0.3) is 31.6 Å². The van der Waals surface area contributed by atoms with Gasteiger partial charge in [-0.25, -0.2) is 9.88 Å². The number of carbonyl (C=O) groups excluding carboxylic acids is 2. The molecule has 5 nitrogen and oxygen atoms in total. The van der Waals surface area contributed by atoms with Crippen LogP contribution in [0.5, 0.6) is 0 Å². The van der Waals surface area contributed by atoms with Crippen molar-refractivity contribution >= 4 is 49.8 Å². The summed E-state index contributed by atoms with van der Waals surface area (Å²) in [6.45, 7) is 2.59. The fourth-order valence-electron chi connectivity index (χ4n) is 4.65. The molecule has 1 aliphatic rings.